The highest BCUT2D eigenvalue weighted by molar-refractivity contribution is 5.80. The van der Waals surface area contributed by atoms with Crippen molar-refractivity contribution in [2.75, 3.05) is 57.9 Å². The van der Waals surface area contributed by atoms with Gasteiger partial charge in [-0.2, -0.15) is 0 Å². The fourth-order valence-corrected chi connectivity index (χ4v) is 3.22. The average Bonchev–Trinajstić information content (AvgIpc) is 2.77. The summed E-state index contributed by atoms with van der Waals surface area (Å²) in [6, 6.07) is 11.9. The zero-order valence-electron chi connectivity index (χ0n) is 16.7. The van der Waals surface area contributed by atoms with Gasteiger partial charge in [-0.15, -0.1) is 0 Å². The van der Waals surface area contributed by atoms with E-state index >= 15 is 0 Å². The van der Waals surface area contributed by atoms with E-state index < -0.39 is 0 Å². The van der Waals surface area contributed by atoms with Crippen molar-refractivity contribution >= 4 is 11.6 Å². The summed E-state index contributed by atoms with van der Waals surface area (Å²) in [5.41, 5.74) is 1.15. The van der Waals surface area contributed by atoms with Crippen LogP contribution >= 0.6 is 0 Å². The van der Waals surface area contributed by atoms with Gasteiger partial charge in [-0.25, -0.2) is 4.99 Å². The Labute approximate surface area is 167 Å². The van der Waals surface area contributed by atoms with Crippen LogP contribution in [0.15, 0.2) is 53.8 Å². The van der Waals surface area contributed by atoms with Gasteiger partial charge in [-0.3, -0.25) is 4.98 Å². The van der Waals surface area contributed by atoms with Crippen molar-refractivity contribution in [3.63, 3.8) is 0 Å². The second-order valence-corrected chi connectivity index (χ2v) is 6.42. The van der Waals surface area contributed by atoms with Crippen LogP contribution in [0.4, 0.5) is 5.69 Å². The van der Waals surface area contributed by atoms with Crippen LogP contribution in [0, 0.1) is 0 Å². The van der Waals surface area contributed by atoms with Gasteiger partial charge >= 0.3 is 0 Å². The minimum atomic E-state index is 0.530. The fourth-order valence-electron chi connectivity index (χ4n) is 3.22. The third-order valence-electron chi connectivity index (χ3n) is 4.60. The summed E-state index contributed by atoms with van der Waals surface area (Å²) in [6.07, 6.45) is 3.45. The van der Waals surface area contributed by atoms with Gasteiger partial charge in [0.15, 0.2) is 5.96 Å². The molecule has 2 aromatic rings. The van der Waals surface area contributed by atoms with Gasteiger partial charge in [0.05, 0.1) is 25.5 Å². The Morgan fingerprint density at radius 2 is 1.96 bits per heavy atom. The van der Waals surface area contributed by atoms with E-state index in [-0.39, 0.29) is 0 Å². The van der Waals surface area contributed by atoms with Gasteiger partial charge in [0.2, 0.25) is 0 Å². The molecule has 1 aromatic carbocycles. The van der Waals surface area contributed by atoms with E-state index in [4.69, 9.17) is 14.5 Å². The summed E-state index contributed by atoms with van der Waals surface area (Å²) in [6.45, 7) is 7.74. The van der Waals surface area contributed by atoms with Crippen LogP contribution in [0.3, 0.4) is 0 Å². The van der Waals surface area contributed by atoms with Gasteiger partial charge in [0.1, 0.15) is 18.1 Å². The zero-order chi connectivity index (χ0) is 19.6. The van der Waals surface area contributed by atoms with Crippen molar-refractivity contribution in [3.05, 3.63) is 48.8 Å². The number of aromatic nitrogens is 1. The number of hydrogen-bond donors (Lipinski definition) is 1. The lowest BCUT2D eigenvalue weighted by atomic mass is 10.2. The van der Waals surface area contributed by atoms with Gasteiger partial charge in [0.25, 0.3) is 0 Å². The van der Waals surface area contributed by atoms with E-state index in [1.807, 2.05) is 24.3 Å². The van der Waals surface area contributed by atoms with Crippen LogP contribution in [0.5, 0.6) is 11.5 Å². The van der Waals surface area contributed by atoms with Crippen molar-refractivity contribution in [1.29, 1.82) is 0 Å². The van der Waals surface area contributed by atoms with E-state index in [0.29, 0.717) is 13.2 Å². The molecule has 28 heavy (non-hydrogen) atoms. The van der Waals surface area contributed by atoms with Crippen molar-refractivity contribution in [2.45, 2.75) is 6.92 Å². The van der Waals surface area contributed by atoms with Crippen molar-refractivity contribution in [1.82, 2.24) is 15.2 Å². The van der Waals surface area contributed by atoms with Gasteiger partial charge in [-0.1, -0.05) is 12.1 Å². The summed E-state index contributed by atoms with van der Waals surface area (Å²) in [5, 5.41) is 3.39. The second-order valence-electron chi connectivity index (χ2n) is 6.42. The van der Waals surface area contributed by atoms with Gasteiger partial charge in [-0.05, 0) is 31.2 Å². The third-order valence-corrected chi connectivity index (χ3v) is 4.60. The highest BCUT2D eigenvalue weighted by Crippen LogP contribution is 2.28. The van der Waals surface area contributed by atoms with E-state index in [9.17, 15) is 0 Å². The zero-order valence-corrected chi connectivity index (χ0v) is 16.7. The largest absolute Gasteiger partial charge is 0.495 e. The van der Waals surface area contributed by atoms with Crippen LogP contribution in [0.2, 0.25) is 0 Å². The number of rotatable bonds is 7. The molecule has 150 valence electrons. The number of para-hydroxylation sites is 2. The molecule has 0 atom stereocenters. The summed E-state index contributed by atoms with van der Waals surface area (Å²) >= 11 is 0. The average molecular weight is 383 g/mol. The van der Waals surface area contributed by atoms with Crippen LogP contribution in [-0.4, -0.2) is 68.8 Å². The first kappa shape index (κ1) is 19.8. The predicted molar refractivity (Wildman–Crippen MR) is 112 cm³/mol. The lowest BCUT2D eigenvalue weighted by Gasteiger charge is -2.38. The summed E-state index contributed by atoms with van der Waals surface area (Å²) < 4.78 is 11.2. The lowest BCUT2D eigenvalue weighted by molar-refractivity contribution is 0.324. The number of nitrogens with one attached hydrogen (secondary N) is 1. The quantitative estimate of drug-likeness (QED) is 0.450. The Morgan fingerprint density at radius 1 is 1.14 bits per heavy atom. The maximum atomic E-state index is 5.68. The molecule has 0 radical (unpaired) electrons. The minimum Gasteiger partial charge on any atom is -0.495 e. The molecule has 0 bridgehead atoms. The molecule has 0 spiro atoms. The third kappa shape index (κ3) is 5.28. The molecule has 0 aliphatic carbocycles. The first-order valence-electron chi connectivity index (χ1n) is 9.76. The molecule has 1 fully saturated rings. The molecule has 7 heteroatoms. The highest BCUT2D eigenvalue weighted by atomic mass is 16.5. The number of nitrogens with zero attached hydrogens (tertiary/aromatic N) is 4. The second kappa shape index (κ2) is 10.4. The summed E-state index contributed by atoms with van der Waals surface area (Å²) in [5.74, 6) is 2.63. The monoisotopic (exact) mass is 383 g/mol. The molecule has 0 saturated carbocycles. The van der Waals surface area contributed by atoms with Crippen LogP contribution in [0.25, 0.3) is 0 Å². The molecule has 0 unspecified atom stereocenters. The Kier molecular flexibility index (Phi) is 7.35. The highest BCUT2D eigenvalue weighted by Gasteiger charge is 2.21. The summed E-state index contributed by atoms with van der Waals surface area (Å²) in [7, 11) is 1.72. The normalized spacial score (nSPS) is 14.7. The molecule has 3 rings (SSSR count). The van der Waals surface area contributed by atoms with Gasteiger partial charge < -0.3 is 24.6 Å². The Bertz CT molecular complexity index is 745. The summed E-state index contributed by atoms with van der Waals surface area (Å²) in [4.78, 5) is 13.4. The van der Waals surface area contributed by atoms with Gasteiger partial charge in [0, 0.05) is 38.9 Å². The molecular formula is C21H29N5O2. The maximum Gasteiger partial charge on any atom is 0.194 e. The maximum absolute atomic E-state index is 5.68. The van der Waals surface area contributed by atoms with Crippen molar-refractivity contribution in [2.24, 2.45) is 4.99 Å². The van der Waals surface area contributed by atoms with Crippen LogP contribution < -0.4 is 19.7 Å². The number of piperazine rings is 1. The number of benzene rings is 1. The number of hydrogen-bond acceptors (Lipinski definition) is 5. The molecule has 0 amide bonds. The first-order chi connectivity index (χ1) is 13.8. The lowest BCUT2D eigenvalue weighted by Crippen LogP contribution is -2.52. The number of guanidine groups is 1. The van der Waals surface area contributed by atoms with E-state index in [0.717, 1.165) is 55.9 Å². The smallest absolute Gasteiger partial charge is 0.194 e. The van der Waals surface area contributed by atoms with Crippen molar-refractivity contribution in [3.8, 4) is 11.5 Å². The molecular weight excluding hydrogens is 354 g/mol. The first-order valence-corrected chi connectivity index (χ1v) is 9.76. The number of aliphatic imine (C=N–C) groups is 1. The van der Waals surface area contributed by atoms with E-state index in [1.54, 1.807) is 19.5 Å². The SMILES string of the molecule is CCNC(=NCCOc1cccnc1)N1CCN(c2ccccc2OC)CC1. The van der Waals surface area contributed by atoms with Crippen molar-refractivity contribution < 1.29 is 9.47 Å². The number of pyridine rings is 1. The minimum absolute atomic E-state index is 0.530. The Hall–Kier alpha value is -2.96. The van der Waals surface area contributed by atoms with Crippen LogP contribution in [0.1, 0.15) is 6.92 Å². The molecule has 2 heterocycles. The van der Waals surface area contributed by atoms with E-state index in [1.165, 1.54) is 0 Å². The molecule has 1 N–H and O–H groups in total. The molecule has 1 aromatic heterocycles. The molecule has 1 saturated heterocycles. The molecule has 1 aliphatic heterocycles. The molecule has 7 nitrogen and oxygen atoms in total. The van der Waals surface area contributed by atoms with Crippen LogP contribution in [-0.2, 0) is 0 Å². The topological polar surface area (TPSA) is 62.2 Å². The Balaban J connectivity index is 1.53. The predicted octanol–water partition coefficient (Wildman–Crippen LogP) is 2.26. The fraction of sp³-hybridized carbons (Fsp3) is 0.429. The number of methoxy groups -OCH3 is 1. The number of ether oxygens (including phenoxy) is 2. The molecule has 1 aliphatic rings. The van der Waals surface area contributed by atoms with E-state index in [2.05, 4.69) is 39.2 Å². The standard InChI is InChI=1S/C21H29N5O2/c1-3-23-21(24-11-16-28-18-7-6-10-22-17-18)26-14-12-25(13-15-26)19-8-4-5-9-20(19)27-2/h4-10,17H,3,11-16H2,1-2H3,(H,23,24). The Morgan fingerprint density at radius 3 is 2.68 bits per heavy atom. The number of anilines is 1.